The van der Waals surface area contributed by atoms with E-state index < -0.39 is 28.7 Å². The van der Waals surface area contributed by atoms with Gasteiger partial charge in [-0.15, -0.1) is 11.8 Å². The van der Waals surface area contributed by atoms with Crippen molar-refractivity contribution in [3.8, 4) is 0 Å². The molecule has 5 aliphatic rings. The molecule has 41 heavy (non-hydrogen) atoms. The summed E-state index contributed by atoms with van der Waals surface area (Å²) in [7, 11) is 0. The topological polar surface area (TPSA) is 93.6 Å². The Kier molecular flexibility index (Phi) is 8.27. The first-order valence-electron chi connectivity index (χ1n) is 14.8. The van der Waals surface area contributed by atoms with Crippen LogP contribution in [0.25, 0.3) is 0 Å². The molecule has 1 unspecified atom stereocenters. The Bertz CT molecular complexity index is 1200. The zero-order valence-corrected chi connectivity index (χ0v) is 24.5. The number of rotatable bonds is 8. The summed E-state index contributed by atoms with van der Waals surface area (Å²) >= 11 is 1.59. The van der Waals surface area contributed by atoms with Crippen molar-refractivity contribution in [3.63, 3.8) is 0 Å². The molecule has 0 bridgehead atoms. The number of hydrogen-bond acceptors (Lipinski definition) is 7. The van der Waals surface area contributed by atoms with E-state index in [-0.39, 0.29) is 29.6 Å². The molecule has 1 aromatic rings. The minimum Gasteiger partial charge on any atom is -0.394 e. The summed E-state index contributed by atoms with van der Waals surface area (Å²) < 4.78 is 4.61. The van der Waals surface area contributed by atoms with Crippen molar-refractivity contribution in [1.82, 2.24) is 19.6 Å². The average molecular weight is 581 g/mol. The summed E-state index contributed by atoms with van der Waals surface area (Å²) in [6.07, 6.45) is 8.71. The van der Waals surface area contributed by atoms with Gasteiger partial charge < -0.3 is 24.5 Å². The Morgan fingerprint density at radius 1 is 1.00 bits per heavy atom. The SMILES string of the molecule is CC[C@@H](CO)N1C(=O)[C@@H]2[C@@H]3C(=O)N(Cc4ccccc4)CC=C[C@@H]3S[C@@]23C=CCN(CCN2CCOCC2)C(=O)C13. The summed E-state index contributed by atoms with van der Waals surface area (Å²) in [6, 6.07) is 8.65. The molecule has 0 saturated carbocycles. The van der Waals surface area contributed by atoms with Crippen molar-refractivity contribution in [2.45, 2.75) is 42.0 Å². The Balaban J connectivity index is 1.33. The Labute approximate surface area is 246 Å². The number of aliphatic hydroxyl groups excluding tert-OH is 1. The van der Waals surface area contributed by atoms with Crippen LogP contribution in [0.3, 0.4) is 0 Å². The smallest absolute Gasteiger partial charge is 0.247 e. The molecule has 3 amide bonds. The lowest BCUT2D eigenvalue weighted by molar-refractivity contribution is -0.147. The van der Waals surface area contributed by atoms with Crippen molar-refractivity contribution < 1.29 is 24.2 Å². The first-order chi connectivity index (χ1) is 20.0. The van der Waals surface area contributed by atoms with Crippen LogP contribution in [0.5, 0.6) is 0 Å². The third-order valence-electron chi connectivity index (χ3n) is 9.35. The summed E-state index contributed by atoms with van der Waals surface area (Å²) in [6.45, 7) is 7.49. The maximum atomic E-state index is 14.4. The quantitative estimate of drug-likeness (QED) is 0.465. The number of ether oxygens (including phenoxy) is 1. The summed E-state index contributed by atoms with van der Waals surface area (Å²) in [5.41, 5.74) is 1.04. The van der Waals surface area contributed by atoms with Crippen LogP contribution in [0.15, 0.2) is 54.6 Å². The Morgan fingerprint density at radius 2 is 1.76 bits per heavy atom. The van der Waals surface area contributed by atoms with E-state index >= 15 is 0 Å². The number of amides is 3. The number of aliphatic hydroxyl groups is 1. The van der Waals surface area contributed by atoms with Gasteiger partial charge in [0.25, 0.3) is 0 Å². The maximum Gasteiger partial charge on any atom is 0.247 e. The molecule has 0 aliphatic carbocycles. The molecule has 3 fully saturated rings. The first-order valence-corrected chi connectivity index (χ1v) is 15.7. The van der Waals surface area contributed by atoms with Gasteiger partial charge in [0.05, 0.1) is 42.4 Å². The molecule has 3 saturated heterocycles. The van der Waals surface area contributed by atoms with Gasteiger partial charge in [-0.05, 0) is 12.0 Å². The highest BCUT2D eigenvalue weighted by Crippen LogP contribution is 2.61. The molecule has 5 aliphatic heterocycles. The second-order valence-corrected chi connectivity index (χ2v) is 13.1. The largest absolute Gasteiger partial charge is 0.394 e. The lowest BCUT2D eigenvalue weighted by atomic mass is 9.78. The van der Waals surface area contributed by atoms with Crippen LogP contribution in [0.1, 0.15) is 18.9 Å². The molecule has 1 N–H and O–H groups in total. The zero-order chi connectivity index (χ0) is 28.6. The third-order valence-corrected chi connectivity index (χ3v) is 11.1. The minimum atomic E-state index is -0.866. The molecule has 0 aromatic heterocycles. The van der Waals surface area contributed by atoms with Gasteiger partial charge in [0.2, 0.25) is 17.7 Å². The number of morpholine rings is 1. The van der Waals surface area contributed by atoms with Crippen LogP contribution in [0.2, 0.25) is 0 Å². The second-order valence-electron chi connectivity index (χ2n) is 11.6. The fourth-order valence-corrected chi connectivity index (χ4v) is 9.21. The van der Waals surface area contributed by atoms with Crippen LogP contribution in [0, 0.1) is 11.8 Å². The van der Waals surface area contributed by atoms with Gasteiger partial charge in [0.15, 0.2) is 0 Å². The normalized spacial score (nSPS) is 32.5. The maximum absolute atomic E-state index is 14.4. The fourth-order valence-electron chi connectivity index (χ4n) is 7.22. The lowest BCUT2D eigenvalue weighted by Gasteiger charge is -2.38. The molecule has 220 valence electrons. The predicted molar refractivity (Wildman–Crippen MR) is 157 cm³/mol. The number of carbonyl (C=O) groups is 3. The van der Waals surface area contributed by atoms with Crippen molar-refractivity contribution in [2.24, 2.45) is 11.8 Å². The predicted octanol–water partition coefficient (Wildman–Crippen LogP) is 1.38. The highest BCUT2D eigenvalue weighted by molar-refractivity contribution is 8.02. The molecule has 5 heterocycles. The minimum absolute atomic E-state index is 0.0431. The monoisotopic (exact) mass is 580 g/mol. The van der Waals surface area contributed by atoms with E-state index in [4.69, 9.17) is 4.74 Å². The van der Waals surface area contributed by atoms with E-state index in [0.717, 1.165) is 25.2 Å². The second kappa shape index (κ2) is 11.9. The first kappa shape index (κ1) is 28.5. The van der Waals surface area contributed by atoms with Crippen LogP contribution < -0.4 is 0 Å². The van der Waals surface area contributed by atoms with Crippen molar-refractivity contribution in [1.29, 1.82) is 0 Å². The van der Waals surface area contributed by atoms with Gasteiger partial charge in [-0.2, -0.15) is 0 Å². The number of carbonyl (C=O) groups excluding carboxylic acids is 3. The Hall–Kier alpha value is -2.66. The van der Waals surface area contributed by atoms with E-state index in [1.165, 1.54) is 0 Å². The number of benzene rings is 1. The van der Waals surface area contributed by atoms with E-state index in [1.54, 1.807) is 16.7 Å². The van der Waals surface area contributed by atoms with Crippen LogP contribution in [-0.2, 0) is 25.7 Å². The summed E-state index contributed by atoms with van der Waals surface area (Å²) in [5.74, 6) is -1.56. The van der Waals surface area contributed by atoms with E-state index in [0.29, 0.717) is 45.8 Å². The van der Waals surface area contributed by atoms with E-state index in [9.17, 15) is 19.5 Å². The number of fused-ring (bicyclic) bond motifs is 2. The molecule has 1 aromatic carbocycles. The van der Waals surface area contributed by atoms with Gasteiger partial charge in [-0.1, -0.05) is 61.6 Å². The average Bonchev–Trinajstić information content (AvgIpc) is 3.32. The van der Waals surface area contributed by atoms with Gasteiger partial charge in [-0.25, -0.2) is 0 Å². The molecule has 9 nitrogen and oxygen atoms in total. The fraction of sp³-hybridized carbons (Fsp3) is 0.581. The van der Waals surface area contributed by atoms with Crippen LogP contribution in [0.4, 0.5) is 0 Å². The highest BCUT2D eigenvalue weighted by atomic mass is 32.2. The third kappa shape index (κ3) is 5.02. The van der Waals surface area contributed by atoms with Gasteiger partial charge in [0.1, 0.15) is 6.04 Å². The molecular weight excluding hydrogens is 540 g/mol. The Morgan fingerprint density at radius 3 is 2.49 bits per heavy atom. The standard InChI is InChI=1S/C31H40N4O5S/c1-2-23(21-36)35-27-30(39)33(15-14-32-16-18-40-19-17-32)13-7-11-31(27)26(29(35)38)25-24(41-31)10-6-12-34(28(25)37)20-22-8-4-3-5-9-22/h3-11,23-27,36H,2,12-21H2,1H3/t23-,24-,25+,26-,27?,31-/m0/s1. The van der Waals surface area contributed by atoms with Crippen molar-refractivity contribution in [2.75, 3.05) is 59.1 Å². The molecule has 10 heteroatoms. The molecule has 6 atom stereocenters. The van der Waals surface area contributed by atoms with E-state index in [1.807, 2.05) is 59.2 Å². The van der Waals surface area contributed by atoms with Crippen molar-refractivity contribution in [3.05, 3.63) is 60.2 Å². The van der Waals surface area contributed by atoms with Crippen LogP contribution in [-0.4, -0.2) is 124 Å². The summed E-state index contributed by atoms with van der Waals surface area (Å²) in [5, 5.41) is 10.1. The number of likely N-dealkylation sites (tertiary alicyclic amines) is 1. The van der Waals surface area contributed by atoms with Crippen molar-refractivity contribution >= 4 is 29.5 Å². The van der Waals surface area contributed by atoms with Gasteiger partial charge >= 0.3 is 0 Å². The lowest BCUT2D eigenvalue weighted by Crippen LogP contribution is -2.57. The molecule has 0 radical (unpaired) electrons. The number of thioether (sulfide) groups is 1. The molecular formula is C31H40N4O5S. The summed E-state index contributed by atoms with van der Waals surface area (Å²) in [4.78, 5) is 50.7. The van der Waals surface area contributed by atoms with Gasteiger partial charge in [0, 0.05) is 51.1 Å². The van der Waals surface area contributed by atoms with Crippen LogP contribution >= 0.6 is 11.8 Å². The highest BCUT2D eigenvalue weighted by Gasteiger charge is 2.71. The number of hydrogen-bond donors (Lipinski definition) is 1. The van der Waals surface area contributed by atoms with E-state index in [2.05, 4.69) is 17.1 Å². The number of nitrogens with zero attached hydrogens (tertiary/aromatic N) is 4. The zero-order valence-electron chi connectivity index (χ0n) is 23.6. The molecule has 1 spiro atoms. The van der Waals surface area contributed by atoms with Gasteiger partial charge in [-0.3, -0.25) is 19.3 Å². The molecule has 6 rings (SSSR count).